The first-order valence-electron chi connectivity index (χ1n) is 11.5. The topological polar surface area (TPSA) is 102 Å². The number of aromatic nitrogens is 2. The average molecular weight is 487 g/mol. The zero-order chi connectivity index (χ0) is 22.4. The summed E-state index contributed by atoms with van der Waals surface area (Å²) in [6.07, 6.45) is 6.99. The molecule has 4 fully saturated rings. The molecular formula is C23H26N4O4S2. The third-order valence-corrected chi connectivity index (χ3v) is 9.37. The second-order valence-electron chi connectivity index (χ2n) is 9.78. The lowest BCUT2D eigenvalue weighted by molar-refractivity contribution is -0.140. The molecule has 0 unspecified atom stereocenters. The van der Waals surface area contributed by atoms with Gasteiger partial charge in [-0.25, -0.2) is 0 Å². The number of hydrogen-bond donors (Lipinski definition) is 2. The number of anilines is 1. The molecule has 4 bridgehead atoms. The molecule has 8 nitrogen and oxygen atoms in total. The summed E-state index contributed by atoms with van der Waals surface area (Å²) in [5, 5.41) is 14.8. The normalized spacial score (nSPS) is 28.7. The Morgan fingerprint density at radius 3 is 2.55 bits per heavy atom. The maximum absolute atomic E-state index is 13.2. The fraction of sp³-hybridized carbons (Fsp3) is 0.565. The molecule has 4 aliphatic carbocycles. The predicted octanol–water partition coefficient (Wildman–Crippen LogP) is 3.83. The summed E-state index contributed by atoms with van der Waals surface area (Å²) < 4.78 is 11.3. The second-order valence-corrected chi connectivity index (χ2v) is 12.0. The van der Waals surface area contributed by atoms with Crippen LogP contribution in [0.2, 0.25) is 0 Å². The van der Waals surface area contributed by atoms with E-state index in [0.717, 1.165) is 48.3 Å². The number of fused-ring (bicyclic) bond motifs is 1. The summed E-state index contributed by atoms with van der Waals surface area (Å²) in [5.74, 6) is 3.86. The molecule has 1 aromatic carbocycles. The number of amides is 2. The fourth-order valence-electron chi connectivity index (χ4n) is 6.37. The summed E-state index contributed by atoms with van der Waals surface area (Å²) in [6, 6.07) is 5.63. The molecule has 0 atom stereocenters. The van der Waals surface area contributed by atoms with E-state index in [-0.39, 0.29) is 29.8 Å². The van der Waals surface area contributed by atoms with E-state index in [2.05, 4.69) is 20.8 Å². The summed E-state index contributed by atoms with van der Waals surface area (Å²) >= 11 is 2.66. The van der Waals surface area contributed by atoms with Gasteiger partial charge in [-0.1, -0.05) is 29.2 Å². The Bertz CT molecular complexity index is 1050. The standard InChI is InChI=1S/C23H26N4O4S2/c28-19(24-10-13-1-2-17-18(6-13)31-12-30-17)11-32-22-27-26-21(33-22)25-20(29)23-7-14-3-15(8-23)5-16(4-14)9-23/h1-2,6,14-16H,3-5,7-12H2,(H,24,28)(H,25,26,29). The lowest BCUT2D eigenvalue weighted by Crippen LogP contribution is -2.51. The first-order valence-corrected chi connectivity index (χ1v) is 13.3. The number of carbonyl (C=O) groups is 2. The number of thioether (sulfide) groups is 1. The first-order chi connectivity index (χ1) is 16.0. The van der Waals surface area contributed by atoms with Gasteiger partial charge in [-0.3, -0.25) is 9.59 Å². The Hall–Kier alpha value is -2.33. The van der Waals surface area contributed by atoms with E-state index in [0.29, 0.717) is 21.8 Å². The minimum absolute atomic E-state index is 0.0907. The summed E-state index contributed by atoms with van der Waals surface area (Å²) in [5.41, 5.74) is 0.741. The maximum atomic E-state index is 13.2. The van der Waals surface area contributed by atoms with E-state index in [1.165, 1.54) is 42.4 Å². The number of nitrogens with one attached hydrogen (secondary N) is 2. The van der Waals surface area contributed by atoms with Crippen molar-refractivity contribution in [1.29, 1.82) is 0 Å². The Morgan fingerprint density at radius 2 is 1.79 bits per heavy atom. The van der Waals surface area contributed by atoms with E-state index in [1.54, 1.807) is 0 Å². The summed E-state index contributed by atoms with van der Waals surface area (Å²) in [6.45, 7) is 0.646. The van der Waals surface area contributed by atoms with Crippen molar-refractivity contribution in [3.05, 3.63) is 23.8 Å². The highest BCUT2D eigenvalue weighted by atomic mass is 32.2. The number of hydrogen-bond acceptors (Lipinski definition) is 8. The molecule has 2 aromatic rings. The van der Waals surface area contributed by atoms with Crippen molar-refractivity contribution in [2.75, 3.05) is 17.9 Å². The molecule has 2 N–H and O–H groups in total. The van der Waals surface area contributed by atoms with Gasteiger partial charge >= 0.3 is 0 Å². The Balaban J connectivity index is 0.989. The molecule has 174 valence electrons. The van der Waals surface area contributed by atoms with Crippen molar-refractivity contribution >= 4 is 40.0 Å². The number of benzene rings is 1. The van der Waals surface area contributed by atoms with Crippen LogP contribution in [0.5, 0.6) is 11.5 Å². The molecule has 2 heterocycles. The molecule has 33 heavy (non-hydrogen) atoms. The molecule has 5 aliphatic rings. The smallest absolute Gasteiger partial charge is 0.232 e. The number of ether oxygens (including phenoxy) is 2. The fourth-order valence-corrected chi connectivity index (χ4v) is 7.94. The van der Waals surface area contributed by atoms with Crippen molar-refractivity contribution in [3.63, 3.8) is 0 Å². The Kier molecular flexibility index (Phi) is 5.44. The molecule has 0 saturated heterocycles. The largest absolute Gasteiger partial charge is 0.454 e. The van der Waals surface area contributed by atoms with Gasteiger partial charge in [0.1, 0.15) is 0 Å². The summed E-state index contributed by atoms with van der Waals surface area (Å²) in [4.78, 5) is 25.4. The highest BCUT2D eigenvalue weighted by molar-refractivity contribution is 8.01. The third-order valence-electron chi connectivity index (χ3n) is 7.40. The molecule has 0 radical (unpaired) electrons. The molecule has 4 saturated carbocycles. The second kappa shape index (κ2) is 8.47. The third kappa shape index (κ3) is 4.30. The first kappa shape index (κ1) is 21.2. The molecule has 10 heteroatoms. The van der Waals surface area contributed by atoms with Crippen molar-refractivity contribution in [3.8, 4) is 11.5 Å². The number of rotatable bonds is 7. The van der Waals surface area contributed by atoms with Crippen LogP contribution in [0.3, 0.4) is 0 Å². The monoisotopic (exact) mass is 486 g/mol. The van der Waals surface area contributed by atoms with Crippen LogP contribution in [-0.4, -0.2) is 34.6 Å². The molecular weight excluding hydrogens is 460 g/mol. The molecule has 1 aromatic heterocycles. The number of carbonyl (C=O) groups excluding carboxylic acids is 2. The van der Waals surface area contributed by atoms with E-state index >= 15 is 0 Å². The average Bonchev–Trinajstić information content (AvgIpc) is 3.44. The van der Waals surface area contributed by atoms with E-state index in [1.807, 2.05) is 18.2 Å². The quantitative estimate of drug-likeness (QED) is 0.453. The lowest BCUT2D eigenvalue weighted by Gasteiger charge is -2.55. The van der Waals surface area contributed by atoms with Gasteiger partial charge in [0.25, 0.3) is 0 Å². The van der Waals surface area contributed by atoms with Crippen LogP contribution in [0.1, 0.15) is 44.1 Å². The van der Waals surface area contributed by atoms with Gasteiger partial charge < -0.3 is 20.1 Å². The van der Waals surface area contributed by atoms with Crippen LogP contribution in [0.25, 0.3) is 0 Å². The van der Waals surface area contributed by atoms with Crippen LogP contribution in [0.15, 0.2) is 22.5 Å². The molecule has 0 spiro atoms. The Labute approximate surface area is 200 Å². The number of nitrogens with zero attached hydrogens (tertiary/aromatic N) is 2. The highest BCUT2D eigenvalue weighted by Crippen LogP contribution is 2.60. The highest BCUT2D eigenvalue weighted by Gasteiger charge is 2.54. The van der Waals surface area contributed by atoms with Crippen LogP contribution >= 0.6 is 23.1 Å². The molecule has 7 rings (SSSR count). The van der Waals surface area contributed by atoms with E-state index < -0.39 is 0 Å². The van der Waals surface area contributed by atoms with Crippen molar-refractivity contribution < 1.29 is 19.1 Å². The van der Waals surface area contributed by atoms with Crippen LogP contribution < -0.4 is 20.1 Å². The molecule has 2 amide bonds. The van der Waals surface area contributed by atoms with Gasteiger partial charge in [0.2, 0.25) is 23.7 Å². The van der Waals surface area contributed by atoms with Gasteiger partial charge in [0, 0.05) is 6.54 Å². The van der Waals surface area contributed by atoms with Gasteiger partial charge in [-0.05, 0) is 74.0 Å². The van der Waals surface area contributed by atoms with Crippen LogP contribution in [0, 0.1) is 23.2 Å². The zero-order valence-corrected chi connectivity index (χ0v) is 19.8. The summed E-state index contributed by atoms with van der Waals surface area (Å²) in [7, 11) is 0. The maximum Gasteiger partial charge on any atom is 0.232 e. The predicted molar refractivity (Wildman–Crippen MR) is 124 cm³/mol. The van der Waals surface area contributed by atoms with Crippen molar-refractivity contribution in [2.24, 2.45) is 23.2 Å². The van der Waals surface area contributed by atoms with Crippen molar-refractivity contribution in [2.45, 2.75) is 49.4 Å². The molecule has 1 aliphatic heterocycles. The SMILES string of the molecule is O=C(CSc1nnc(NC(=O)C23CC4CC(CC(C4)C2)C3)s1)NCc1ccc2c(c1)OCO2. The lowest BCUT2D eigenvalue weighted by atomic mass is 9.49. The van der Waals surface area contributed by atoms with E-state index in [9.17, 15) is 9.59 Å². The van der Waals surface area contributed by atoms with E-state index in [4.69, 9.17) is 9.47 Å². The minimum Gasteiger partial charge on any atom is -0.454 e. The van der Waals surface area contributed by atoms with Crippen LogP contribution in [0.4, 0.5) is 5.13 Å². The van der Waals surface area contributed by atoms with Gasteiger partial charge in [0.15, 0.2) is 15.8 Å². The van der Waals surface area contributed by atoms with Crippen LogP contribution in [-0.2, 0) is 16.1 Å². The van der Waals surface area contributed by atoms with Gasteiger partial charge in [0.05, 0.1) is 11.2 Å². The van der Waals surface area contributed by atoms with Gasteiger partial charge in [-0.15, -0.1) is 10.2 Å². The zero-order valence-electron chi connectivity index (χ0n) is 18.2. The minimum atomic E-state index is -0.206. The Morgan fingerprint density at radius 1 is 1.06 bits per heavy atom. The van der Waals surface area contributed by atoms with Crippen molar-refractivity contribution in [1.82, 2.24) is 15.5 Å². The van der Waals surface area contributed by atoms with Gasteiger partial charge in [-0.2, -0.15) is 0 Å².